The highest BCUT2D eigenvalue weighted by atomic mass is 35.5. The summed E-state index contributed by atoms with van der Waals surface area (Å²) in [4.78, 5) is 70.9. The first kappa shape index (κ1) is 54.8. The van der Waals surface area contributed by atoms with Crippen molar-refractivity contribution in [1.29, 1.82) is 0 Å². The van der Waals surface area contributed by atoms with Crippen LogP contribution in [0.4, 0.5) is 4.79 Å². The van der Waals surface area contributed by atoms with Gasteiger partial charge in [-0.15, -0.1) is 0 Å². The normalized spacial score (nSPS) is 13.3. The van der Waals surface area contributed by atoms with E-state index in [-0.39, 0.29) is 25.8 Å². The molecule has 6 aromatic rings. The van der Waals surface area contributed by atoms with Gasteiger partial charge >= 0.3 is 12.1 Å². The number of aryl methyl sites for hydroxylation is 1. The van der Waals surface area contributed by atoms with Crippen LogP contribution in [0, 0.1) is 6.92 Å². The minimum Gasteiger partial charge on any atom is -0.488 e. The third-order valence-corrected chi connectivity index (χ3v) is 12.0. The van der Waals surface area contributed by atoms with E-state index in [0.29, 0.717) is 27.5 Å². The molecule has 0 aliphatic heterocycles. The van der Waals surface area contributed by atoms with Crippen molar-refractivity contribution < 1.29 is 38.6 Å². The van der Waals surface area contributed by atoms with Gasteiger partial charge in [0.15, 0.2) is 0 Å². The Labute approximate surface area is 433 Å². The zero-order valence-electron chi connectivity index (χ0n) is 42.4. The van der Waals surface area contributed by atoms with Crippen molar-refractivity contribution in [3.05, 3.63) is 208 Å². The highest BCUT2D eigenvalue weighted by Crippen LogP contribution is 2.37. The molecule has 0 saturated heterocycles. The van der Waals surface area contributed by atoms with Gasteiger partial charge in [-0.05, 0) is 106 Å². The Hall–Kier alpha value is -7.48. The number of rotatable bonds is 21. The van der Waals surface area contributed by atoms with Crippen LogP contribution in [-0.2, 0) is 48.7 Å². The van der Waals surface area contributed by atoms with E-state index in [9.17, 15) is 24.3 Å². The van der Waals surface area contributed by atoms with Crippen molar-refractivity contribution in [3.63, 3.8) is 0 Å². The molecule has 382 valence electrons. The van der Waals surface area contributed by atoms with Gasteiger partial charge in [-0.25, -0.2) is 9.59 Å². The summed E-state index contributed by atoms with van der Waals surface area (Å²) in [6, 6.07) is 44.8. The largest absolute Gasteiger partial charge is 0.488 e. The van der Waals surface area contributed by atoms with Gasteiger partial charge in [-0.2, -0.15) is 0 Å². The number of nitrogens with one attached hydrogen (secondary N) is 5. The summed E-state index contributed by atoms with van der Waals surface area (Å²) in [7, 11) is 0. The lowest BCUT2D eigenvalue weighted by Crippen LogP contribution is -2.62. The summed E-state index contributed by atoms with van der Waals surface area (Å²) in [5.74, 6) is -2.94. The second kappa shape index (κ2) is 24.8. The number of benzene rings is 6. The van der Waals surface area contributed by atoms with Gasteiger partial charge in [-0.3, -0.25) is 19.7 Å². The first-order valence-corrected chi connectivity index (χ1v) is 24.7. The SMILES string of the molecule is Cc1ccc(C(NC[C@H](NC(=O)[C@H](Cc2ccc(Cl)cc2)NC(=O)OC(C)(C)C)C(=O)N[C@@H](Cc2ccc(OC(C)(C)C)cc2)C(=O)N[C@H](Cc2ccccc2)C(=O)O)(c2ccccc2)c2ccccc2)cc1. The van der Waals surface area contributed by atoms with Crippen LogP contribution in [0.25, 0.3) is 0 Å². The molecule has 4 atom stereocenters. The van der Waals surface area contributed by atoms with E-state index >= 15 is 4.79 Å². The first-order valence-electron chi connectivity index (χ1n) is 24.3. The fraction of sp³-hybridized carbons (Fsp3) is 0.305. The number of aliphatic carboxylic acids is 1. The molecule has 13 nitrogen and oxygen atoms in total. The number of carboxylic acids is 1. The number of hydrogen-bond donors (Lipinski definition) is 6. The number of carbonyl (C=O) groups is 5. The molecule has 6 rings (SSSR count). The van der Waals surface area contributed by atoms with Crippen LogP contribution < -0.4 is 31.3 Å². The van der Waals surface area contributed by atoms with Crippen molar-refractivity contribution >= 4 is 41.4 Å². The molecule has 0 heterocycles. The van der Waals surface area contributed by atoms with Crippen LogP contribution in [0.5, 0.6) is 5.75 Å². The van der Waals surface area contributed by atoms with Crippen molar-refractivity contribution in [1.82, 2.24) is 26.6 Å². The standard InChI is InChI=1S/C59H66ClN5O8/c1-39-23-29-45(30-24-39)59(43-19-13-9-14-20-43,44-21-15-10-16-22-44)61-38-51(64-53(67)49(65-56(71)73-58(5,6)7)36-41-25-31-46(60)32-26-41)54(68)62-48(35-42-27-33-47(34-28-42)72-57(2,3)4)52(66)63-50(55(69)70)37-40-17-11-8-12-18-40/h8-34,48-51,61H,35-38H2,1-7H3,(H,62,68)(H,63,66)(H,64,67)(H,65,71)(H,69,70)/t48-,49-,50+,51-/m0/s1. The lowest BCUT2D eigenvalue weighted by atomic mass is 9.76. The van der Waals surface area contributed by atoms with Gasteiger partial charge in [0.25, 0.3) is 0 Å². The minimum absolute atomic E-state index is 0.0106. The van der Waals surface area contributed by atoms with Gasteiger partial charge < -0.3 is 35.8 Å². The van der Waals surface area contributed by atoms with Crippen molar-refractivity contribution in [2.24, 2.45) is 0 Å². The molecule has 0 unspecified atom stereocenters. The predicted molar refractivity (Wildman–Crippen MR) is 284 cm³/mol. The van der Waals surface area contributed by atoms with Gasteiger partial charge in [0.05, 0.1) is 5.54 Å². The molecule has 6 N–H and O–H groups in total. The predicted octanol–water partition coefficient (Wildman–Crippen LogP) is 8.87. The minimum atomic E-state index is -1.43. The Bertz CT molecular complexity index is 2720. The Kier molecular flexibility index (Phi) is 18.6. The second-order valence-electron chi connectivity index (χ2n) is 20.0. The van der Waals surface area contributed by atoms with Crippen LogP contribution in [-0.4, -0.2) is 76.8 Å². The van der Waals surface area contributed by atoms with Crippen molar-refractivity contribution in [2.75, 3.05) is 6.54 Å². The molecule has 73 heavy (non-hydrogen) atoms. The highest BCUT2D eigenvalue weighted by Gasteiger charge is 2.39. The zero-order valence-corrected chi connectivity index (χ0v) is 43.2. The maximum Gasteiger partial charge on any atom is 0.408 e. The average molecular weight is 1010 g/mol. The molecule has 0 aromatic heterocycles. The average Bonchev–Trinajstić information content (AvgIpc) is 3.34. The Morgan fingerprint density at radius 3 is 1.40 bits per heavy atom. The topological polar surface area (TPSA) is 184 Å². The van der Waals surface area contributed by atoms with Gasteiger partial charge in [0.2, 0.25) is 17.7 Å². The second-order valence-corrected chi connectivity index (χ2v) is 20.5. The fourth-order valence-electron chi connectivity index (χ4n) is 8.32. The molecule has 6 aromatic carbocycles. The molecule has 0 spiro atoms. The molecule has 14 heteroatoms. The van der Waals surface area contributed by atoms with Crippen LogP contribution in [0.15, 0.2) is 164 Å². The van der Waals surface area contributed by atoms with E-state index < -0.39 is 70.7 Å². The molecule has 0 radical (unpaired) electrons. The Morgan fingerprint density at radius 1 is 0.493 bits per heavy atom. The van der Waals surface area contributed by atoms with E-state index in [4.69, 9.17) is 21.1 Å². The molecule has 0 saturated carbocycles. The molecular weight excluding hydrogens is 942 g/mol. The number of alkyl carbamates (subject to hydrolysis) is 1. The highest BCUT2D eigenvalue weighted by molar-refractivity contribution is 6.30. The summed E-state index contributed by atoms with van der Waals surface area (Å²) in [6.45, 7) is 12.6. The molecule has 0 fully saturated rings. The van der Waals surface area contributed by atoms with E-state index in [1.165, 1.54) is 0 Å². The summed E-state index contributed by atoms with van der Waals surface area (Å²) in [5.41, 5.74) is 3.00. The molecule has 0 bridgehead atoms. The molecule has 4 amide bonds. The molecule has 0 aliphatic rings. The number of halogens is 1. The van der Waals surface area contributed by atoms with Gasteiger partial charge in [0, 0.05) is 30.8 Å². The number of ether oxygens (including phenoxy) is 2. The maximum atomic E-state index is 15.3. The first-order chi connectivity index (χ1) is 34.7. The molecule has 0 aliphatic carbocycles. The summed E-state index contributed by atoms with van der Waals surface area (Å²) >= 11 is 6.22. The quantitative estimate of drug-likeness (QED) is 0.0384. The van der Waals surface area contributed by atoms with Crippen LogP contribution in [0.2, 0.25) is 5.02 Å². The number of hydrogen-bond acceptors (Lipinski definition) is 8. The number of amides is 4. The summed E-state index contributed by atoms with van der Waals surface area (Å²) < 4.78 is 11.6. The number of carbonyl (C=O) groups excluding carboxylic acids is 4. The lowest BCUT2D eigenvalue weighted by Gasteiger charge is -2.38. The van der Waals surface area contributed by atoms with Crippen LogP contribution in [0.3, 0.4) is 0 Å². The molecular formula is C59H66ClN5O8. The smallest absolute Gasteiger partial charge is 0.408 e. The van der Waals surface area contributed by atoms with Crippen LogP contribution >= 0.6 is 11.6 Å². The third kappa shape index (κ3) is 16.3. The van der Waals surface area contributed by atoms with E-state index in [2.05, 4.69) is 26.6 Å². The monoisotopic (exact) mass is 1010 g/mol. The Morgan fingerprint density at radius 2 is 0.904 bits per heavy atom. The number of carboxylic acid groups (broad SMARTS) is 1. The zero-order chi connectivity index (χ0) is 52.8. The van der Waals surface area contributed by atoms with Crippen molar-refractivity contribution in [3.8, 4) is 5.75 Å². The summed E-state index contributed by atoms with van der Waals surface area (Å²) in [5, 5.41) is 25.8. The summed E-state index contributed by atoms with van der Waals surface area (Å²) in [6.07, 6.45) is -0.959. The maximum absolute atomic E-state index is 15.3. The van der Waals surface area contributed by atoms with Gasteiger partial charge in [-0.1, -0.05) is 157 Å². The fourth-order valence-corrected chi connectivity index (χ4v) is 8.45. The third-order valence-electron chi connectivity index (χ3n) is 11.8. The van der Waals surface area contributed by atoms with Gasteiger partial charge in [0.1, 0.15) is 41.1 Å². The Balaban J connectivity index is 1.43. The van der Waals surface area contributed by atoms with E-state index in [1.807, 2.05) is 119 Å². The van der Waals surface area contributed by atoms with E-state index in [1.54, 1.807) is 93.6 Å². The van der Waals surface area contributed by atoms with Crippen molar-refractivity contribution in [2.45, 2.75) is 109 Å². The van der Waals surface area contributed by atoms with E-state index in [0.717, 1.165) is 22.3 Å². The van der Waals surface area contributed by atoms with Crippen LogP contribution in [0.1, 0.15) is 80.5 Å². The lowest BCUT2D eigenvalue weighted by molar-refractivity contribution is -0.142.